The van der Waals surface area contributed by atoms with E-state index in [-0.39, 0.29) is 11.8 Å². The average molecular weight is 537 g/mol. The van der Waals surface area contributed by atoms with Gasteiger partial charge in [-0.2, -0.15) is 0 Å². The van der Waals surface area contributed by atoms with Crippen LogP contribution < -0.4 is 20.1 Å². The molecule has 0 aliphatic carbocycles. The Morgan fingerprint density at radius 3 is 1.45 bits per heavy atom. The van der Waals surface area contributed by atoms with Crippen LogP contribution in [0.5, 0.6) is 11.5 Å². The fraction of sp³-hybridized carbons (Fsp3) is 0.235. The van der Waals surface area contributed by atoms with Gasteiger partial charge in [0, 0.05) is 24.2 Å². The number of carbonyl (C=O) groups is 2. The Hall–Kier alpha value is -4.58. The van der Waals surface area contributed by atoms with Gasteiger partial charge in [0.2, 0.25) is 11.8 Å². The summed E-state index contributed by atoms with van der Waals surface area (Å²) in [7, 11) is 0. The average Bonchev–Trinajstić information content (AvgIpc) is 3.00. The Balaban J connectivity index is 1.62. The molecule has 4 aromatic rings. The van der Waals surface area contributed by atoms with Gasteiger partial charge in [-0.25, -0.2) is 0 Å². The minimum Gasteiger partial charge on any atom is -0.493 e. The lowest BCUT2D eigenvalue weighted by Crippen LogP contribution is -2.22. The summed E-state index contributed by atoms with van der Waals surface area (Å²) < 4.78 is 12.8. The summed E-state index contributed by atoms with van der Waals surface area (Å²) in [5.41, 5.74) is 2.01. The molecule has 0 unspecified atom stereocenters. The van der Waals surface area contributed by atoms with Crippen molar-refractivity contribution in [3.05, 3.63) is 98.1 Å². The Bertz CT molecular complexity index is 1380. The van der Waals surface area contributed by atoms with Gasteiger partial charge in [-0.15, -0.1) is 0 Å². The zero-order valence-corrected chi connectivity index (χ0v) is 22.8. The van der Waals surface area contributed by atoms with Crippen molar-refractivity contribution in [1.82, 2.24) is 10.6 Å². The van der Waals surface area contributed by atoms with Gasteiger partial charge in [0.25, 0.3) is 0 Å². The predicted molar refractivity (Wildman–Crippen MR) is 163 cm³/mol. The second-order valence-electron chi connectivity index (χ2n) is 9.42. The minimum atomic E-state index is -0.164. The zero-order chi connectivity index (χ0) is 28.2. The van der Waals surface area contributed by atoms with Gasteiger partial charge in [-0.05, 0) is 71.5 Å². The van der Waals surface area contributed by atoms with Crippen LogP contribution in [0.4, 0.5) is 0 Å². The highest BCUT2D eigenvalue weighted by Gasteiger charge is 2.19. The molecule has 0 saturated carbocycles. The third-order valence-corrected chi connectivity index (χ3v) is 6.66. The smallest absolute Gasteiger partial charge is 0.243 e. The van der Waals surface area contributed by atoms with Gasteiger partial charge in [-0.1, -0.05) is 73.8 Å². The molecule has 2 amide bonds. The van der Waals surface area contributed by atoms with Crippen molar-refractivity contribution >= 4 is 33.4 Å². The van der Waals surface area contributed by atoms with E-state index in [1.54, 1.807) is 0 Å². The van der Waals surface area contributed by atoms with Crippen molar-refractivity contribution in [3.8, 4) is 22.6 Å². The number of ether oxygens (including phenoxy) is 2. The van der Waals surface area contributed by atoms with E-state index in [0.717, 1.165) is 69.9 Å². The molecular formula is C34H36N2O4. The molecule has 6 heteroatoms. The van der Waals surface area contributed by atoms with E-state index in [0.29, 0.717) is 26.3 Å². The van der Waals surface area contributed by atoms with Gasteiger partial charge in [0.15, 0.2) is 0 Å². The van der Waals surface area contributed by atoms with Gasteiger partial charge in [0.05, 0.1) is 13.2 Å². The highest BCUT2D eigenvalue weighted by Crippen LogP contribution is 2.45. The van der Waals surface area contributed by atoms with E-state index < -0.39 is 0 Å². The fourth-order valence-electron chi connectivity index (χ4n) is 4.65. The van der Waals surface area contributed by atoms with Crippen LogP contribution in [0.3, 0.4) is 0 Å². The highest BCUT2D eigenvalue weighted by atomic mass is 16.5. The number of fused-ring (bicyclic) bond motifs is 2. The Kier molecular flexibility index (Phi) is 10.3. The molecule has 0 aliphatic rings. The standard InChI is InChI=1S/C34H36N2O4/c1-3-31(37)35-21-9-11-23-39-29-19-17-25-13-5-7-15-27(25)33(29)34-28-16-8-6-14-26(28)18-20-30(34)40-24-12-10-22-36-32(38)4-2/h3-8,13-20H,1-2,9-12,21-24H2,(H,35,37)(H,36,38). The van der Waals surface area contributed by atoms with E-state index in [2.05, 4.69) is 60.2 Å². The van der Waals surface area contributed by atoms with Crippen molar-refractivity contribution in [2.24, 2.45) is 0 Å². The molecule has 0 heterocycles. The summed E-state index contributed by atoms with van der Waals surface area (Å²) in [6.07, 6.45) is 5.76. The zero-order valence-electron chi connectivity index (χ0n) is 22.8. The number of unbranched alkanes of at least 4 members (excludes halogenated alkanes) is 2. The van der Waals surface area contributed by atoms with Crippen LogP contribution in [0.1, 0.15) is 25.7 Å². The van der Waals surface area contributed by atoms with Crippen LogP contribution in [0.2, 0.25) is 0 Å². The van der Waals surface area contributed by atoms with Gasteiger partial charge in [-0.3, -0.25) is 9.59 Å². The molecule has 0 aliphatic heterocycles. The van der Waals surface area contributed by atoms with Crippen LogP contribution >= 0.6 is 0 Å². The van der Waals surface area contributed by atoms with Crippen molar-refractivity contribution in [2.45, 2.75) is 25.7 Å². The van der Waals surface area contributed by atoms with E-state index >= 15 is 0 Å². The molecule has 2 N–H and O–H groups in total. The molecule has 0 aromatic heterocycles. The molecule has 40 heavy (non-hydrogen) atoms. The van der Waals surface area contributed by atoms with Crippen LogP contribution in [0.15, 0.2) is 98.1 Å². The van der Waals surface area contributed by atoms with Crippen molar-refractivity contribution in [1.29, 1.82) is 0 Å². The molecule has 0 bridgehead atoms. The topological polar surface area (TPSA) is 76.7 Å². The maximum atomic E-state index is 11.4. The summed E-state index contributed by atoms with van der Waals surface area (Å²) in [4.78, 5) is 22.8. The molecule has 0 spiro atoms. The first kappa shape index (κ1) is 28.4. The van der Waals surface area contributed by atoms with Gasteiger partial charge < -0.3 is 20.1 Å². The Morgan fingerprint density at radius 2 is 1.02 bits per heavy atom. The molecular weight excluding hydrogens is 500 g/mol. The van der Waals surface area contributed by atoms with Crippen LogP contribution in [0, 0.1) is 0 Å². The largest absolute Gasteiger partial charge is 0.493 e. The summed E-state index contributed by atoms with van der Waals surface area (Å²) in [5, 5.41) is 10.0. The number of nitrogens with one attached hydrogen (secondary N) is 2. The third-order valence-electron chi connectivity index (χ3n) is 6.66. The molecule has 0 radical (unpaired) electrons. The first-order valence-corrected chi connectivity index (χ1v) is 13.7. The molecule has 6 nitrogen and oxygen atoms in total. The molecule has 4 aromatic carbocycles. The monoisotopic (exact) mass is 536 g/mol. The second-order valence-corrected chi connectivity index (χ2v) is 9.42. The molecule has 4 rings (SSSR count). The maximum absolute atomic E-state index is 11.4. The lowest BCUT2D eigenvalue weighted by atomic mass is 9.92. The maximum Gasteiger partial charge on any atom is 0.243 e. The molecule has 206 valence electrons. The Morgan fingerprint density at radius 1 is 0.600 bits per heavy atom. The number of hydrogen-bond donors (Lipinski definition) is 2. The number of amides is 2. The summed E-state index contributed by atoms with van der Waals surface area (Å²) in [6, 6.07) is 24.8. The molecule has 0 fully saturated rings. The first-order chi connectivity index (χ1) is 19.6. The van der Waals surface area contributed by atoms with Crippen molar-refractivity contribution < 1.29 is 19.1 Å². The van der Waals surface area contributed by atoms with Crippen molar-refractivity contribution in [2.75, 3.05) is 26.3 Å². The lowest BCUT2D eigenvalue weighted by Gasteiger charge is -2.20. The SMILES string of the molecule is C=CC(=O)NCCCCOc1ccc2ccccc2c1-c1c(OCCCCNC(=O)C=C)ccc2ccccc12. The van der Waals surface area contributed by atoms with Gasteiger partial charge >= 0.3 is 0 Å². The highest BCUT2D eigenvalue weighted by molar-refractivity contribution is 6.09. The number of hydrogen-bond acceptors (Lipinski definition) is 4. The number of rotatable bonds is 15. The van der Waals surface area contributed by atoms with Crippen LogP contribution in [-0.2, 0) is 9.59 Å². The summed E-state index contributed by atoms with van der Waals surface area (Å²) in [5.74, 6) is 1.26. The minimum absolute atomic E-state index is 0.164. The number of benzene rings is 4. The number of carbonyl (C=O) groups excluding carboxylic acids is 2. The lowest BCUT2D eigenvalue weighted by molar-refractivity contribution is -0.117. The molecule has 0 atom stereocenters. The normalized spacial score (nSPS) is 10.7. The summed E-state index contributed by atoms with van der Waals surface area (Å²) >= 11 is 0. The van der Waals surface area contributed by atoms with E-state index in [4.69, 9.17) is 9.47 Å². The van der Waals surface area contributed by atoms with Gasteiger partial charge in [0.1, 0.15) is 11.5 Å². The van der Waals surface area contributed by atoms with Crippen LogP contribution in [0.25, 0.3) is 32.7 Å². The third kappa shape index (κ3) is 7.29. The quantitative estimate of drug-likeness (QED) is 0.133. The van der Waals surface area contributed by atoms with Crippen LogP contribution in [-0.4, -0.2) is 38.1 Å². The van der Waals surface area contributed by atoms with Crippen molar-refractivity contribution in [3.63, 3.8) is 0 Å². The van der Waals surface area contributed by atoms with E-state index in [9.17, 15) is 9.59 Å². The fourth-order valence-corrected chi connectivity index (χ4v) is 4.65. The van der Waals surface area contributed by atoms with E-state index in [1.807, 2.05) is 36.4 Å². The first-order valence-electron chi connectivity index (χ1n) is 13.7. The second kappa shape index (κ2) is 14.5. The Labute approximate surface area is 235 Å². The van der Waals surface area contributed by atoms with E-state index in [1.165, 1.54) is 12.2 Å². The summed E-state index contributed by atoms with van der Waals surface area (Å²) in [6.45, 7) is 9.17. The predicted octanol–water partition coefficient (Wildman–Crippen LogP) is 6.58. The molecule has 0 saturated heterocycles.